The molecule has 5 nitrogen and oxygen atoms in total. The Balaban J connectivity index is 1.62. The van der Waals surface area contributed by atoms with Gasteiger partial charge in [0.05, 0.1) is 6.04 Å². The predicted molar refractivity (Wildman–Crippen MR) is 100 cm³/mol. The van der Waals surface area contributed by atoms with Gasteiger partial charge in [-0.2, -0.15) is 0 Å². The van der Waals surface area contributed by atoms with E-state index < -0.39 is 5.91 Å². The maximum atomic E-state index is 12.5. The van der Waals surface area contributed by atoms with E-state index in [0.29, 0.717) is 11.3 Å². The molecule has 1 aliphatic carbocycles. The Kier molecular flexibility index (Phi) is 5.56. The molecule has 2 aromatic rings. The van der Waals surface area contributed by atoms with Gasteiger partial charge in [-0.05, 0) is 73.6 Å². The van der Waals surface area contributed by atoms with Gasteiger partial charge in [0, 0.05) is 5.56 Å². The molecule has 5 heteroatoms. The molecule has 0 spiro atoms. The molecule has 2 aromatic carbocycles. The van der Waals surface area contributed by atoms with Crippen LogP contribution in [0.25, 0.3) is 0 Å². The Morgan fingerprint density at radius 2 is 1.77 bits per heavy atom. The highest BCUT2D eigenvalue weighted by atomic mass is 16.5. The maximum absolute atomic E-state index is 12.5. The van der Waals surface area contributed by atoms with Crippen molar-refractivity contribution < 1.29 is 14.3 Å². The third-order valence-corrected chi connectivity index (χ3v) is 4.72. The Labute approximate surface area is 153 Å². The minimum absolute atomic E-state index is 0.0690. The Hall–Kier alpha value is -2.82. The number of hydrogen-bond acceptors (Lipinski definition) is 3. The van der Waals surface area contributed by atoms with Gasteiger partial charge in [-0.3, -0.25) is 9.59 Å². The molecular weight excluding hydrogens is 328 g/mol. The molecule has 1 atom stereocenters. The van der Waals surface area contributed by atoms with Gasteiger partial charge in [-0.25, -0.2) is 0 Å². The number of benzene rings is 2. The first-order valence-corrected chi connectivity index (χ1v) is 8.96. The summed E-state index contributed by atoms with van der Waals surface area (Å²) in [7, 11) is 0. The van der Waals surface area contributed by atoms with Gasteiger partial charge < -0.3 is 15.8 Å². The zero-order valence-corrected chi connectivity index (χ0v) is 15.0. The average molecular weight is 352 g/mol. The monoisotopic (exact) mass is 352 g/mol. The summed E-state index contributed by atoms with van der Waals surface area (Å²) in [5.41, 5.74) is 9.55. The van der Waals surface area contributed by atoms with Crippen LogP contribution >= 0.6 is 0 Å². The number of carbonyl (C=O) groups is 2. The van der Waals surface area contributed by atoms with Gasteiger partial charge in [-0.1, -0.05) is 18.2 Å². The molecule has 3 N–H and O–H groups in total. The van der Waals surface area contributed by atoms with Crippen LogP contribution in [0.1, 0.15) is 52.9 Å². The van der Waals surface area contributed by atoms with E-state index in [4.69, 9.17) is 10.5 Å². The molecule has 26 heavy (non-hydrogen) atoms. The third kappa shape index (κ3) is 4.42. The van der Waals surface area contributed by atoms with Gasteiger partial charge in [0.25, 0.3) is 11.8 Å². The van der Waals surface area contributed by atoms with E-state index >= 15 is 0 Å². The van der Waals surface area contributed by atoms with Crippen molar-refractivity contribution in [1.82, 2.24) is 5.32 Å². The number of aryl methyl sites for hydroxylation is 2. The highest BCUT2D eigenvalue weighted by molar-refractivity contribution is 5.94. The number of rotatable bonds is 6. The number of primary amides is 1. The van der Waals surface area contributed by atoms with E-state index in [1.165, 1.54) is 24.0 Å². The van der Waals surface area contributed by atoms with E-state index in [1.807, 2.05) is 6.92 Å². The SMILES string of the molecule is C[C@H](NC(=O)c1ccc(OCC(N)=O)cc1)c1ccc2c(c1)CCCC2. The molecule has 0 saturated heterocycles. The van der Waals surface area contributed by atoms with E-state index in [2.05, 4.69) is 23.5 Å². The molecule has 0 saturated carbocycles. The number of amides is 2. The number of fused-ring (bicyclic) bond motifs is 1. The summed E-state index contributed by atoms with van der Waals surface area (Å²) in [6.45, 7) is 1.81. The van der Waals surface area contributed by atoms with Crippen LogP contribution in [0.3, 0.4) is 0 Å². The Bertz CT molecular complexity index is 799. The highest BCUT2D eigenvalue weighted by Crippen LogP contribution is 2.25. The van der Waals surface area contributed by atoms with E-state index in [0.717, 1.165) is 18.4 Å². The second-order valence-corrected chi connectivity index (χ2v) is 6.71. The molecule has 0 unspecified atom stereocenters. The van der Waals surface area contributed by atoms with Crippen LogP contribution in [0.5, 0.6) is 5.75 Å². The van der Waals surface area contributed by atoms with Crippen LogP contribution in [0.2, 0.25) is 0 Å². The first kappa shape index (κ1) is 18.0. The lowest BCUT2D eigenvalue weighted by molar-refractivity contribution is -0.119. The minimum atomic E-state index is -0.536. The Morgan fingerprint density at radius 3 is 2.46 bits per heavy atom. The quantitative estimate of drug-likeness (QED) is 0.839. The lowest BCUT2D eigenvalue weighted by Gasteiger charge is -2.20. The van der Waals surface area contributed by atoms with Gasteiger partial charge >= 0.3 is 0 Å². The van der Waals surface area contributed by atoms with Crippen molar-refractivity contribution in [3.8, 4) is 5.75 Å². The van der Waals surface area contributed by atoms with Crippen molar-refractivity contribution in [3.05, 3.63) is 64.7 Å². The van der Waals surface area contributed by atoms with Crippen molar-refractivity contribution in [1.29, 1.82) is 0 Å². The van der Waals surface area contributed by atoms with Gasteiger partial charge in [0.2, 0.25) is 0 Å². The van der Waals surface area contributed by atoms with Crippen LogP contribution < -0.4 is 15.8 Å². The van der Waals surface area contributed by atoms with Gasteiger partial charge in [0.1, 0.15) is 5.75 Å². The second-order valence-electron chi connectivity index (χ2n) is 6.71. The summed E-state index contributed by atoms with van der Waals surface area (Å²) in [5.74, 6) is -0.176. The molecule has 2 amide bonds. The van der Waals surface area contributed by atoms with Crippen LogP contribution in [0.4, 0.5) is 0 Å². The molecule has 0 heterocycles. The van der Waals surface area contributed by atoms with E-state index in [-0.39, 0.29) is 18.6 Å². The van der Waals surface area contributed by atoms with Crippen molar-refractivity contribution >= 4 is 11.8 Å². The molecule has 0 aromatic heterocycles. The first-order chi connectivity index (χ1) is 12.5. The number of carbonyl (C=O) groups excluding carboxylic acids is 2. The van der Waals surface area contributed by atoms with Crippen molar-refractivity contribution in [3.63, 3.8) is 0 Å². The lowest BCUT2D eigenvalue weighted by Crippen LogP contribution is -2.26. The highest BCUT2D eigenvalue weighted by Gasteiger charge is 2.15. The van der Waals surface area contributed by atoms with Crippen LogP contribution in [-0.4, -0.2) is 18.4 Å². The molecule has 0 fully saturated rings. The van der Waals surface area contributed by atoms with Crippen molar-refractivity contribution in [2.45, 2.75) is 38.6 Å². The maximum Gasteiger partial charge on any atom is 0.255 e. The normalized spacial score (nSPS) is 14.2. The standard InChI is InChI=1S/C21H24N2O3/c1-14(17-7-6-15-4-2-3-5-18(15)12-17)23-21(25)16-8-10-19(11-9-16)26-13-20(22)24/h6-12,14H,2-5,13H2,1H3,(H2,22,24)(H,23,25)/t14-/m0/s1. The largest absolute Gasteiger partial charge is 0.484 e. The first-order valence-electron chi connectivity index (χ1n) is 8.96. The Morgan fingerprint density at radius 1 is 1.08 bits per heavy atom. The molecule has 3 rings (SSSR count). The van der Waals surface area contributed by atoms with Crippen LogP contribution in [-0.2, 0) is 17.6 Å². The summed E-state index contributed by atoms with van der Waals surface area (Å²) in [4.78, 5) is 23.2. The number of ether oxygens (including phenoxy) is 1. The molecule has 136 valence electrons. The predicted octanol–water partition coefficient (Wildman–Crippen LogP) is 2.92. The topological polar surface area (TPSA) is 81.4 Å². The summed E-state index contributed by atoms with van der Waals surface area (Å²) < 4.78 is 5.20. The number of hydrogen-bond donors (Lipinski definition) is 2. The van der Waals surface area contributed by atoms with E-state index in [9.17, 15) is 9.59 Å². The fourth-order valence-electron chi connectivity index (χ4n) is 3.24. The third-order valence-electron chi connectivity index (χ3n) is 4.72. The van der Waals surface area contributed by atoms with Crippen LogP contribution in [0, 0.1) is 0 Å². The second kappa shape index (κ2) is 8.04. The van der Waals surface area contributed by atoms with Gasteiger partial charge in [-0.15, -0.1) is 0 Å². The zero-order valence-electron chi connectivity index (χ0n) is 15.0. The molecule has 0 bridgehead atoms. The molecule has 1 aliphatic rings. The average Bonchev–Trinajstić information content (AvgIpc) is 2.66. The molecule has 0 radical (unpaired) electrons. The lowest BCUT2D eigenvalue weighted by atomic mass is 9.89. The molecular formula is C21H24N2O3. The molecule has 0 aliphatic heterocycles. The zero-order chi connectivity index (χ0) is 18.5. The summed E-state index contributed by atoms with van der Waals surface area (Å²) in [6.07, 6.45) is 4.77. The number of nitrogens with one attached hydrogen (secondary N) is 1. The summed E-state index contributed by atoms with van der Waals surface area (Å²) in [5, 5.41) is 3.04. The van der Waals surface area contributed by atoms with Crippen molar-refractivity contribution in [2.75, 3.05) is 6.61 Å². The summed E-state index contributed by atoms with van der Waals surface area (Å²) in [6, 6.07) is 13.1. The summed E-state index contributed by atoms with van der Waals surface area (Å²) >= 11 is 0. The van der Waals surface area contributed by atoms with E-state index in [1.54, 1.807) is 24.3 Å². The minimum Gasteiger partial charge on any atom is -0.484 e. The van der Waals surface area contributed by atoms with Gasteiger partial charge in [0.15, 0.2) is 6.61 Å². The van der Waals surface area contributed by atoms with Crippen molar-refractivity contribution in [2.24, 2.45) is 5.73 Å². The number of nitrogens with two attached hydrogens (primary N) is 1. The van der Waals surface area contributed by atoms with Crippen LogP contribution in [0.15, 0.2) is 42.5 Å². The fourth-order valence-corrected chi connectivity index (χ4v) is 3.24. The fraction of sp³-hybridized carbons (Fsp3) is 0.333. The smallest absolute Gasteiger partial charge is 0.255 e.